The van der Waals surface area contributed by atoms with Crippen LogP contribution in [0.4, 0.5) is 0 Å². The number of hydrogen-bond acceptors (Lipinski definition) is 4. The third-order valence-electron chi connectivity index (χ3n) is 3.64. The fraction of sp³-hybridized carbons (Fsp3) is 0.150. The Labute approximate surface area is 156 Å². The number of nitrogens with zero attached hydrogens (tertiary/aromatic N) is 2. The van der Waals surface area contributed by atoms with Crippen LogP contribution in [0.5, 0.6) is 5.75 Å². The number of para-hydroxylation sites is 1. The SMILES string of the molecule is CC(C)Oc1ccc(C(=O)NNC(=O)c2cnn(-c3ccccc3)c2)cc1. The number of ether oxygens (including phenoxy) is 1. The van der Waals surface area contributed by atoms with E-state index in [4.69, 9.17) is 4.74 Å². The zero-order chi connectivity index (χ0) is 19.2. The largest absolute Gasteiger partial charge is 0.491 e. The molecule has 0 aliphatic carbocycles. The van der Waals surface area contributed by atoms with Gasteiger partial charge in [0.15, 0.2) is 0 Å². The molecule has 0 fully saturated rings. The molecule has 0 saturated carbocycles. The summed E-state index contributed by atoms with van der Waals surface area (Å²) in [6.07, 6.45) is 3.09. The predicted molar refractivity (Wildman–Crippen MR) is 101 cm³/mol. The van der Waals surface area contributed by atoms with Gasteiger partial charge in [0.2, 0.25) is 0 Å². The maximum absolute atomic E-state index is 12.2. The molecule has 138 valence electrons. The summed E-state index contributed by atoms with van der Waals surface area (Å²) in [5.41, 5.74) is 6.36. The normalized spacial score (nSPS) is 10.5. The fourth-order valence-electron chi connectivity index (χ4n) is 2.38. The van der Waals surface area contributed by atoms with Crippen LogP contribution in [0.25, 0.3) is 5.69 Å². The van der Waals surface area contributed by atoms with E-state index < -0.39 is 11.8 Å². The van der Waals surface area contributed by atoms with Gasteiger partial charge in [-0.2, -0.15) is 5.10 Å². The number of hydrazine groups is 1. The summed E-state index contributed by atoms with van der Waals surface area (Å²) in [5.74, 6) is -0.195. The van der Waals surface area contributed by atoms with Crippen LogP contribution in [-0.4, -0.2) is 27.7 Å². The standard InChI is InChI=1S/C20H20N4O3/c1-14(2)27-18-10-8-15(9-11-18)19(25)22-23-20(26)16-12-21-24(13-16)17-6-4-3-5-7-17/h3-14H,1-2H3,(H,22,25)(H,23,26). The second kappa shape index (κ2) is 8.18. The Balaban J connectivity index is 1.57. The van der Waals surface area contributed by atoms with E-state index in [0.717, 1.165) is 5.69 Å². The van der Waals surface area contributed by atoms with Crippen molar-refractivity contribution < 1.29 is 14.3 Å². The van der Waals surface area contributed by atoms with Crippen molar-refractivity contribution >= 4 is 11.8 Å². The molecule has 2 amide bonds. The molecule has 2 N–H and O–H groups in total. The van der Waals surface area contributed by atoms with Crippen LogP contribution in [0, 0.1) is 0 Å². The van der Waals surface area contributed by atoms with E-state index in [2.05, 4.69) is 16.0 Å². The average molecular weight is 364 g/mol. The van der Waals surface area contributed by atoms with E-state index in [1.165, 1.54) is 6.20 Å². The third kappa shape index (κ3) is 4.72. The minimum Gasteiger partial charge on any atom is -0.491 e. The number of carbonyl (C=O) groups excluding carboxylic acids is 2. The van der Waals surface area contributed by atoms with Crippen LogP contribution in [0.15, 0.2) is 67.0 Å². The Hall–Kier alpha value is -3.61. The Morgan fingerprint density at radius 1 is 0.926 bits per heavy atom. The smallest absolute Gasteiger partial charge is 0.272 e. The van der Waals surface area contributed by atoms with Crippen molar-refractivity contribution in [2.75, 3.05) is 0 Å². The Morgan fingerprint density at radius 2 is 1.56 bits per heavy atom. The summed E-state index contributed by atoms with van der Waals surface area (Å²) < 4.78 is 7.12. The van der Waals surface area contributed by atoms with Gasteiger partial charge in [0.05, 0.1) is 23.6 Å². The van der Waals surface area contributed by atoms with E-state index in [0.29, 0.717) is 16.9 Å². The Kier molecular flexibility index (Phi) is 5.51. The molecule has 0 aliphatic heterocycles. The second-order valence-corrected chi connectivity index (χ2v) is 6.11. The van der Waals surface area contributed by atoms with Crippen molar-refractivity contribution in [3.8, 4) is 11.4 Å². The lowest BCUT2D eigenvalue weighted by molar-refractivity contribution is 0.0846. The van der Waals surface area contributed by atoms with Gasteiger partial charge >= 0.3 is 0 Å². The molecule has 2 aromatic carbocycles. The highest BCUT2D eigenvalue weighted by atomic mass is 16.5. The average Bonchev–Trinajstić information content (AvgIpc) is 3.17. The van der Waals surface area contributed by atoms with Gasteiger partial charge in [0.25, 0.3) is 11.8 Å². The topological polar surface area (TPSA) is 85.2 Å². The number of carbonyl (C=O) groups is 2. The molecule has 1 heterocycles. The van der Waals surface area contributed by atoms with Crippen LogP contribution in [0.1, 0.15) is 34.6 Å². The van der Waals surface area contributed by atoms with Crippen molar-refractivity contribution in [3.05, 3.63) is 78.1 Å². The molecule has 1 aromatic heterocycles. The minimum absolute atomic E-state index is 0.0563. The first-order chi connectivity index (χ1) is 13.0. The van der Waals surface area contributed by atoms with Gasteiger partial charge in [-0.25, -0.2) is 4.68 Å². The lowest BCUT2D eigenvalue weighted by Gasteiger charge is -2.10. The van der Waals surface area contributed by atoms with Gasteiger partial charge < -0.3 is 4.74 Å². The molecule has 0 radical (unpaired) electrons. The van der Waals surface area contributed by atoms with E-state index in [-0.39, 0.29) is 6.10 Å². The van der Waals surface area contributed by atoms with Crippen molar-refractivity contribution in [3.63, 3.8) is 0 Å². The summed E-state index contributed by atoms with van der Waals surface area (Å²) in [4.78, 5) is 24.4. The highest BCUT2D eigenvalue weighted by molar-refractivity contribution is 5.98. The van der Waals surface area contributed by atoms with E-state index >= 15 is 0 Å². The third-order valence-corrected chi connectivity index (χ3v) is 3.64. The number of benzene rings is 2. The zero-order valence-electron chi connectivity index (χ0n) is 15.0. The van der Waals surface area contributed by atoms with Gasteiger partial charge in [-0.1, -0.05) is 18.2 Å². The first-order valence-corrected chi connectivity index (χ1v) is 8.50. The van der Waals surface area contributed by atoms with Crippen LogP contribution in [-0.2, 0) is 0 Å². The van der Waals surface area contributed by atoms with Crippen LogP contribution in [0.3, 0.4) is 0 Å². The van der Waals surface area contributed by atoms with Crippen LogP contribution < -0.4 is 15.6 Å². The monoisotopic (exact) mass is 364 g/mol. The fourth-order valence-corrected chi connectivity index (χ4v) is 2.38. The molecular formula is C20H20N4O3. The van der Waals surface area contributed by atoms with E-state index in [9.17, 15) is 9.59 Å². The maximum atomic E-state index is 12.2. The van der Waals surface area contributed by atoms with Gasteiger partial charge in [0.1, 0.15) is 5.75 Å². The lowest BCUT2D eigenvalue weighted by atomic mass is 10.2. The van der Waals surface area contributed by atoms with Gasteiger partial charge in [-0.05, 0) is 50.2 Å². The maximum Gasteiger partial charge on any atom is 0.272 e. The highest BCUT2D eigenvalue weighted by Crippen LogP contribution is 2.13. The van der Waals surface area contributed by atoms with Crippen molar-refractivity contribution in [1.29, 1.82) is 0 Å². The van der Waals surface area contributed by atoms with Crippen LogP contribution in [0.2, 0.25) is 0 Å². The minimum atomic E-state index is -0.453. The first-order valence-electron chi connectivity index (χ1n) is 8.50. The van der Waals surface area contributed by atoms with Crippen LogP contribution >= 0.6 is 0 Å². The van der Waals surface area contributed by atoms with Crippen molar-refractivity contribution in [1.82, 2.24) is 20.6 Å². The Morgan fingerprint density at radius 3 is 2.19 bits per heavy atom. The summed E-state index contributed by atoms with van der Waals surface area (Å²) in [6.45, 7) is 3.85. The number of hydrogen-bond donors (Lipinski definition) is 2. The summed E-state index contributed by atoms with van der Waals surface area (Å²) >= 11 is 0. The number of aromatic nitrogens is 2. The summed E-state index contributed by atoms with van der Waals surface area (Å²) in [5, 5.41) is 4.16. The molecule has 0 atom stereocenters. The zero-order valence-corrected chi connectivity index (χ0v) is 15.0. The molecule has 27 heavy (non-hydrogen) atoms. The molecule has 0 saturated heterocycles. The molecule has 0 spiro atoms. The quantitative estimate of drug-likeness (QED) is 0.682. The van der Waals surface area contributed by atoms with E-state index in [1.54, 1.807) is 35.1 Å². The molecule has 7 nitrogen and oxygen atoms in total. The number of nitrogens with one attached hydrogen (secondary N) is 2. The van der Waals surface area contributed by atoms with Crippen molar-refractivity contribution in [2.45, 2.75) is 20.0 Å². The molecule has 3 rings (SSSR count). The molecule has 7 heteroatoms. The lowest BCUT2D eigenvalue weighted by Crippen LogP contribution is -2.41. The second-order valence-electron chi connectivity index (χ2n) is 6.11. The van der Waals surface area contributed by atoms with Gasteiger partial charge in [-0.15, -0.1) is 0 Å². The molecule has 3 aromatic rings. The van der Waals surface area contributed by atoms with Crippen molar-refractivity contribution in [2.24, 2.45) is 0 Å². The first kappa shape index (κ1) is 18.2. The molecular weight excluding hydrogens is 344 g/mol. The Bertz CT molecular complexity index is 918. The van der Waals surface area contributed by atoms with Gasteiger partial charge in [-0.3, -0.25) is 20.4 Å². The predicted octanol–water partition coefficient (Wildman–Crippen LogP) is 2.73. The number of rotatable bonds is 5. The highest BCUT2D eigenvalue weighted by Gasteiger charge is 2.12. The molecule has 0 aliphatic rings. The summed E-state index contributed by atoms with van der Waals surface area (Å²) in [6, 6.07) is 16.1. The molecule has 0 unspecified atom stereocenters. The molecule has 0 bridgehead atoms. The van der Waals surface area contributed by atoms with E-state index in [1.807, 2.05) is 44.2 Å². The summed E-state index contributed by atoms with van der Waals surface area (Å²) in [7, 11) is 0. The number of amides is 2. The van der Waals surface area contributed by atoms with Gasteiger partial charge in [0, 0.05) is 11.8 Å².